The SMILES string of the molecule is COC(=O)C(CCSC)NS(=O)(=O)c1ccc(Br)cc1. The van der Waals surface area contributed by atoms with Crippen molar-refractivity contribution in [1.29, 1.82) is 0 Å². The van der Waals surface area contributed by atoms with Crippen molar-refractivity contribution in [2.45, 2.75) is 17.4 Å². The Morgan fingerprint density at radius 1 is 1.40 bits per heavy atom. The normalized spacial score (nSPS) is 12.9. The minimum Gasteiger partial charge on any atom is -0.468 e. The van der Waals surface area contributed by atoms with Crippen LogP contribution in [0.3, 0.4) is 0 Å². The van der Waals surface area contributed by atoms with E-state index in [-0.39, 0.29) is 4.90 Å². The summed E-state index contributed by atoms with van der Waals surface area (Å²) in [6.07, 6.45) is 2.27. The quantitative estimate of drug-likeness (QED) is 0.731. The second-order valence-corrected chi connectivity index (χ2v) is 7.55. The fourth-order valence-electron chi connectivity index (χ4n) is 1.47. The van der Waals surface area contributed by atoms with Gasteiger partial charge in [-0.1, -0.05) is 15.9 Å². The summed E-state index contributed by atoms with van der Waals surface area (Å²) in [5.74, 6) is 0.0718. The zero-order chi connectivity index (χ0) is 15.2. The molecule has 1 N–H and O–H groups in total. The highest BCUT2D eigenvalue weighted by Gasteiger charge is 2.25. The molecule has 20 heavy (non-hydrogen) atoms. The second kappa shape index (κ2) is 8.02. The summed E-state index contributed by atoms with van der Waals surface area (Å²) < 4.78 is 32.2. The Balaban J connectivity index is 2.90. The van der Waals surface area contributed by atoms with Crippen LogP contribution in [-0.2, 0) is 19.6 Å². The molecule has 112 valence electrons. The molecule has 0 aromatic heterocycles. The molecule has 0 aliphatic rings. The first kappa shape index (κ1) is 17.5. The maximum Gasteiger partial charge on any atom is 0.323 e. The Morgan fingerprint density at radius 3 is 2.50 bits per heavy atom. The van der Waals surface area contributed by atoms with Gasteiger partial charge in [-0.05, 0) is 42.7 Å². The van der Waals surface area contributed by atoms with Crippen molar-refractivity contribution in [3.63, 3.8) is 0 Å². The second-order valence-electron chi connectivity index (χ2n) is 3.93. The lowest BCUT2D eigenvalue weighted by Gasteiger charge is -2.16. The van der Waals surface area contributed by atoms with Crippen molar-refractivity contribution in [2.75, 3.05) is 19.1 Å². The number of esters is 1. The largest absolute Gasteiger partial charge is 0.468 e. The minimum atomic E-state index is -3.74. The first-order valence-electron chi connectivity index (χ1n) is 5.75. The van der Waals surface area contributed by atoms with E-state index in [0.717, 1.165) is 4.47 Å². The van der Waals surface area contributed by atoms with E-state index in [4.69, 9.17) is 0 Å². The summed E-state index contributed by atoms with van der Waals surface area (Å²) in [4.78, 5) is 11.7. The van der Waals surface area contributed by atoms with Crippen molar-refractivity contribution in [2.24, 2.45) is 0 Å². The predicted molar refractivity (Wildman–Crippen MR) is 83.3 cm³/mol. The molecular formula is C12H16BrNO4S2. The lowest BCUT2D eigenvalue weighted by molar-refractivity contribution is -0.142. The van der Waals surface area contributed by atoms with Crippen LogP contribution in [0.15, 0.2) is 33.6 Å². The van der Waals surface area contributed by atoms with Crippen LogP contribution < -0.4 is 4.72 Å². The molecule has 0 saturated carbocycles. The van der Waals surface area contributed by atoms with Crippen LogP contribution in [0.4, 0.5) is 0 Å². The molecule has 0 aliphatic heterocycles. The molecule has 0 bridgehead atoms. The molecule has 0 radical (unpaired) electrons. The molecule has 0 heterocycles. The summed E-state index contributed by atoms with van der Waals surface area (Å²) in [7, 11) is -2.50. The van der Waals surface area contributed by atoms with Crippen LogP contribution >= 0.6 is 27.7 Å². The van der Waals surface area contributed by atoms with Gasteiger partial charge >= 0.3 is 5.97 Å². The highest BCUT2D eigenvalue weighted by molar-refractivity contribution is 9.10. The minimum absolute atomic E-state index is 0.110. The summed E-state index contributed by atoms with van der Waals surface area (Å²) in [5.41, 5.74) is 0. The van der Waals surface area contributed by atoms with Crippen molar-refractivity contribution in [3.05, 3.63) is 28.7 Å². The highest BCUT2D eigenvalue weighted by Crippen LogP contribution is 2.15. The van der Waals surface area contributed by atoms with Gasteiger partial charge < -0.3 is 4.74 Å². The lowest BCUT2D eigenvalue weighted by atomic mass is 10.2. The van der Waals surface area contributed by atoms with E-state index in [0.29, 0.717) is 12.2 Å². The first-order chi connectivity index (χ1) is 9.40. The molecule has 1 aromatic carbocycles. The van der Waals surface area contributed by atoms with Crippen molar-refractivity contribution < 1.29 is 17.9 Å². The fourth-order valence-corrected chi connectivity index (χ4v) is 3.43. The van der Waals surface area contributed by atoms with Crippen LogP contribution in [0.25, 0.3) is 0 Å². The number of benzene rings is 1. The number of halogens is 1. The van der Waals surface area contributed by atoms with E-state index >= 15 is 0 Å². The number of sulfonamides is 1. The van der Waals surface area contributed by atoms with Gasteiger partial charge in [0.1, 0.15) is 6.04 Å². The average molecular weight is 382 g/mol. The number of carbonyl (C=O) groups excluding carboxylic acids is 1. The smallest absolute Gasteiger partial charge is 0.323 e. The van der Waals surface area contributed by atoms with Gasteiger partial charge in [-0.25, -0.2) is 8.42 Å². The number of nitrogens with one attached hydrogen (secondary N) is 1. The number of carbonyl (C=O) groups is 1. The molecule has 8 heteroatoms. The van der Waals surface area contributed by atoms with Gasteiger partial charge in [-0.3, -0.25) is 4.79 Å². The molecular weight excluding hydrogens is 366 g/mol. The predicted octanol–water partition coefficient (Wildman–Crippen LogP) is 2.02. The summed E-state index contributed by atoms with van der Waals surface area (Å²) in [6, 6.07) is 5.32. The van der Waals surface area contributed by atoms with Gasteiger partial charge in [-0.2, -0.15) is 16.5 Å². The topological polar surface area (TPSA) is 72.5 Å². The Hall–Kier alpha value is -0.570. The Morgan fingerprint density at radius 2 is 2.00 bits per heavy atom. The highest BCUT2D eigenvalue weighted by atomic mass is 79.9. The maximum absolute atomic E-state index is 12.2. The molecule has 0 spiro atoms. The van der Waals surface area contributed by atoms with Gasteiger partial charge in [0.25, 0.3) is 0 Å². The molecule has 0 aliphatic carbocycles. The van der Waals surface area contributed by atoms with Gasteiger partial charge in [0.05, 0.1) is 12.0 Å². The van der Waals surface area contributed by atoms with Crippen LogP contribution in [0.5, 0.6) is 0 Å². The van der Waals surface area contributed by atoms with Crippen LogP contribution in [0, 0.1) is 0 Å². The summed E-state index contributed by atoms with van der Waals surface area (Å²) in [6.45, 7) is 0. The Labute approximate surface area is 131 Å². The van der Waals surface area contributed by atoms with E-state index in [2.05, 4.69) is 25.4 Å². The number of hydrogen-bond donors (Lipinski definition) is 1. The van der Waals surface area contributed by atoms with Crippen molar-refractivity contribution >= 4 is 43.7 Å². The van der Waals surface area contributed by atoms with E-state index in [1.807, 2.05) is 6.26 Å². The third kappa shape index (κ3) is 5.08. The average Bonchev–Trinajstić information content (AvgIpc) is 2.43. The molecule has 0 fully saturated rings. The number of hydrogen-bond acceptors (Lipinski definition) is 5. The maximum atomic E-state index is 12.2. The first-order valence-corrected chi connectivity index (χ1v) is 9.42. The zero-order valence-electron chi connectivity index (χ0n) is 11.1. The van der Waals surface area contributed by atoms with Gasteiger partial charge in [0, 0.05) is 4.47 Å². The molecule has 1 unspecified atom stereocenters. The summed E-state index contributed by atoms with van der Waals surface area (Å²) in [5, 5.41) is 0. The number of ether oxygens (including phenoxy) is 1. The number of methoxy groups -OCH3 is 1. The molecule has 1 aromatic rings. The Kier molecular flexibility index (Phi) is 7.01. The Bertz CT molecular complexity index is 545. The fraction of sp³-hybridized carbons (Fsp3) is 0.417. The monoisotopic (exact) mass is 381 g/mol. The number of rotatable bonds is 7. The standard InChI is InChI=1S/C12H16BrNO4S2/c1-18-12(15)11(7-8-19-2)14-20(16,17)10-5-3-9(13)4-6-10/h3-6,11,14H,7-8H2,1-2H3. The number of thioether (sulfide) groups is 1. The molecule has 1 rings (SSSR count). The van der Waals surface area contributed by atoms with E-state index in [9.17, 15) is 13.2 Å². The third-order valence-electron chi connectivity index (χ3n) is 2.52. The lowest BCUT2D eigenvalue weighted by Crippen LogP contribution is -2.41. The van der Waals surface area contributed by atoms with Crippen LogP contribution in [-0.4, -0.2) is 39.5 Å². The molecule has 0 amide bonds. The van der Waals surface area contributed by atoms with E-state index < -0.39 is 22.0 Å². The van der Waals surface area contributed by atoms with E-state index in [1.54, 1.807) is 12.1 Å². The van der Waals surface area contributed by atoms with Crippen LogP contribution in [0.2, 0.25) is 0 Å². The zero-order valence-corrected chi connectivity index (χ0v) is 14.3. The van der Waals surface area contributed by atoms with Crippen molar-refractivity contribution in [3.8, 4) is 0 Å². The van der Waals surface area contributed by atoms with Crippen molar-refractivity contribution in [1.82, 2.24) is 4.72 Å². The van der Waals surface area contributed by atoms with Gasteiger partial charge in [0.15, 0.2) is 0 Å². The van der Waals surface area contributed by atoms with Gasteiger partial charge in [-0.15, -0.1) is 0 Å². The van der Waals surface area contributed by atoms with E-state index in [1.165, 1.54) is 31.0 Å². The third-order valence-corrected chi connectivity index (χ3v) is 5.18. The molecule has 1 atom stereocenters. The molecule has 0 saturated heterocycles. The summed E-state index contributed by atoms with van der Waals surface area (Å²) >= 11 is 4.77. The van der Waals surface area contributed by atoms with Crippen LogP contribution in [0.1, 0.15) is 6.42 Å². The van der Waals surface area contributed by atoms with Gasteiger partial charge in [0.2, 0.25) is 10.0 Å². The molecule has 5 nitrogen and oxygen atoms in total.